The Bertz CT molecular complexity index is 945. The molecule has 1 aliphatic heterocycles. The summed E-state index contributed by atoms with van der Waals surface area (Å²) in [4.78, 5) is 26.8. The van der Waals surface area contributed by atoms with Crippen molar-refractivity contribution in [3.05, 3.63) is 58.5 Å². The first-order valence-electron chi connectivity index (χ1n) is 9.40. The summed E-state index contributed by atoms with van der Waals surface area (Å²) >= 11 is 0. The maximum atomic E-state index is 12.4. The molecule has 1 aliphatic rings. The zero-order valence-electron chi connectivity index (χ0n) is 15.2. The van der Waals surface area contributed by atoms with Crippen LogP contribution in [0.5, 0.6) is 0 Å². The Labute approximate surface area is 152 Å². The molecule has 3 aromatic rings. The molecule has 0 saturated carbocycles. The molecular weight excluding hydrogens is 326 g/mol. The molecule has 1 N–H and O–H groups in total. The van der Waals surface area contributed by atoms with Crippen molar-refractivity contribution in [2.75, 3.05) is 6.54 Å². The number of imidazole rings is 1. The van der Waals surface area contributed by atoms with E-state index < -0.39 is 0 Å². The van der Waals surface area contributed by atoms with Crippen LogP contribution in [0.4, 0.5) is 0 Å². The number of aromatic amines is 1. The van der Waals surface area contributed by atoms with E-state index in [9.17, 15) is 4.79 Å². The minimum atomic E-state index is -0.0709. The number of nitrogens with one attached hydrogen (secondary N) is 1. The van der Waals surface area contributed by atoms with Crippen LogP contribution in [0.3, 0.4) is 0 Å². The maximum Gasteiger partial charge on any atom is 0.271 e. The third-order valence-corrected chi connectivity index (χ3v) is 5.40. The molecule has 0 radical (unpaired) electrons. The molecule has 6 heteroatoms. The van der Waals surface area contributed by atoms with Crippen molar-refractivity contribution in [2.45, 2.75) is 51.7 Å². The highest BCUT2D eigenvalue weighted by Crippen LogP contribution is 2.22. The lowest BCUT2D eigenvalue weighted by atomic mass is 9.99. The van der Waals surface area contributed by atoms with Crippen LogP contribution in [0.25, 0.3) is 11.0 Å². The Morgan fingerprint density at radius 1 is 1.27 bits per heavy atom. The number of fused-ring (bicyclic) bond motifs is 1. The highest BCUT2D eigenvalue weighted by atomic mass is 16.1. The fourth-order valence-electron chi connectivity index (χ4n) is 3.89. The SMILES string of the molecule is Cc1nccn1CCC1CCCCN1Cc1nc2ccccc2[nH]c1=O. The van der Waals surface area contributed by atoms with E-state index in [-0.39, 0.29) is 5.56 Å². The van der Waals surface area contributed by atoms with Gasteiger partial charge in [-0.25, -0.2) is 9.97 Å². The average molecular weight is 351 g/mol. The molecule has 26 heavy (non-hydrogen) atoms. The van der Waals surface area contributed by atoms with Crippen molar-refractivity contribution in [3.63, 3.8) is 0 Å². The van der Waals surface area contributed by atoms with Gasteiger partial charge in [-0.15, -0.1) is 0 Å². The van der Waals surface area contributed by atoms with Gasteiger partial charge in [0.25, 0.3) is 5.56 Å². The molecule has 1 atom stereocenters. The summed E-state index contributed by atoms with van der Waals surface area (Å²) in [7, 11) is 0. The number of piperidine rings is 1. The fraction of sp³-hybridized carbons (Fsp3) is 0.450. The van der Waals surface area contributed by atoms with E-state index in [0.717, 1.165) is 36.4 Å². The minimum Gasteiger partial charge on any atom is -0.335 e. The first kappa shape index (κ1) is 17.0. The summed E-state index contributed by atoms with van der Waals surface area (Å²) in [5, 5.41) is 0. The van der Waals surface area contributed by atoms with Gasteiger partial charge in [-0.3, -0.25) is 9.69 Å². The molecule has 3 heterocycles. The van der Waals surface area contributed by atoms with E-state index in [0.29, 0.717) is 18.3 Å². The smallest absolute Gasteiger partial charge is 0.271 e. The van der Waals surface area contributed by atoms with Crippen LogP contribution >= 0.6 is 0 Å². The van der Waals surface area contributed by atoms with Gasteiger partial charge in [0.2, 0.25) is 0 Å². The molecule has 1 saturated heterocycles. The Morgan fingerprint density at radius 2 is 2.15 bits per heavy atom. The van der Waals surface area contributed by atoms with Gasteiger partial charge in [0.1, 0.15) is 11.5 Å². The van der Waals surface area contributed by atoms with Gasteiger partial charge in [0, 0.05) is 31.5 Å². The fourth-order valence-corrected chi connectivity index (χ4v) is 3.89. The van der Waals surface area contributed by atoms with E-state index >= 15 is 0 Å². The minimum absolute atomic E-state index is 0.0709. The van der Waals surface area contributed by atoms with Crippen molar-refractivity contribution in [1.82, 2.24) is 24.4 Å². The monoisotopic (exact) mass is 351 g/mol. The summed E-state index contributed by atoms with van der Waals surface area (Å²) in [5.74, 6) is 1.06. The number of H-pyrrole nitrogens is 1. The van der Waals surface area contributed by atoms with E-state index in [1.54, 1.807) is 0 Å². The third kappa shape index (κ3) is 3.55. The summed E-state index contributed by atoms with van der Waals surface area (Å²) in [6.07, 6.45) is 8.59. The normalized spacial score (nSPS) is 18.4. The van der Waals surface area contributed by atoms with Crippen LogP contribution in [0.15, 0.2) is 41.5 Å². The van der Waals surface area contributed by atoms with Crippen LogP contribution in [0, 0.1) is 6.92 Å². The number of aryl methyl sites for hydroxylation is 2. The quantitative estimate of drug-likeness (QED) is 0.767. The molecule has 136 valence electrons. The van der Waals surface area contributed by atoms with Crippen LogP contribution in [0.1, 0.15) is 37.2 Å². The number of nitrogens with zero attached hydrogens (tertiary/aromatic N) is 4. The molecule has 1 fully saturated rings. The molecule has 2 aromatic heterocycles. The third-order valence-electron chi connectivity index (χ3n) is 5.40. The molecule has 0 amide bonds. The molecule has 0 bridgehead atoms. The van der Waals surface area contributed by atoms with E-state index in [1.165, 1.54) is 19.3 Å². The first-order chi connectivity index (χ1) is 12.7. The summed E-state index contributed by atoms with van der Waals surface area (Å²) in [6.45, 7) is 4.65. The van der Waals surface area contributed by atoms with Gasteiger partial charge in [-0.1, -0.05) is 18.6 Å². The zero-order valence-corrected chi connectivity index (χ0v) is 15.2. The van der Waals surface area contributed by atoms with Crippen LogP contribution < -0.4 is 5.56 Å². The summed E-state index contributed by atoms with van der Waals surface area (Å²) < 4.78 is 2.20. The van der Waals surface area contributed by atoms with Gasteiger partial charge in [0.15, 0.2) is 0 Å². The number of benzene rings is 1. The lowest BCUT2D eigenvalue weighted by Crippen LogP contribution is -2.41. The Kier molecular flexibility index (Phi) is 4.84. The second-order valence-electron chi connectivity index (χ2n) is 7.11. The van der Waals surface area contributed by atoms with Crippen LogP contribution in [0.2, 0.25) is 0 Å². The van der Waals surface area contributed by atoms with Crippen molar-refractivity contribution >= 4 is 11.0 Å². The lowest BCUT2D eigenvalue weighted by molar-refractivity contribution is 0.126. The maximum absolute atomic E-state index is 12.4. The molecule has 0 spiro atoms. The number of hydrogen-bond donors (Lipinski definition) is 1. The molecule has 6 nitrogen and oxygen atoms in total. The van der Waals surface area contributed by atoms with Gasteiger partial charge >= 0.3 is 0 Å². The van der Waals surface area contributed by atoms with E-state index in [1.807, 2.05) is 43.6 Å². The highest BCUT2D eigenvalue weighted by Gasteiger charge is 2.24. The van der Waals surface area contributed by atoms with Crippen LogP contribution in [-0.4, -0.2) is 37.0 Å². The second-order valence-corrected chi connectivity index (χ2v) is 7.11. The standard InChI is InChI=1S/C20H25N5O/c1-15-21-10-13-24(15)12-9-16-6-4-5-11-25(16)14-19-20(26)23-18-8-3-2-7-17(18)22-19/h2-3,7-8,10,13,16H,4-6,9,11-12,14H2,1H3,(H,23,26). The van der Waals surface area contributed by atoms with Crippen molar-refractivity contribution < 1.29 is 0 Å². The molecule has 1 aromatic carbocycles. The molecule has 1 unspecified atom stereocenters. The molecular formula is C20H25N5O. The molecule has 0 aliphatic carbocycles. The second kappa shape index (κ2) is 7.41. The average Bonchev–Trinajstić information content (AvgIpc) is 3.06. The van der Waals surface area contributed by atoms with Crippen molar-refractivity contribution in [2.24, 2.45) is 0 Å². The topological polar surface area (TPSA) is 66.8 Å². The molecule has 4 rings (SSSR count). The predicted octanol–water partition coefficient (Wildman–Crippen LogP) is 2.87. The van der Waals surface area contributed by atoms with Gasteiger partial charge in [-0.2, -0.15) is 0 Å². The highest BCUT2D eigenvalue weighted by molar-refractivity contribution is 5.73. The van der Waals surface area contributed by atoms with Gasteiger partial charge in [-0.05, 0) is 44.9 Å². The largest absolute Gasteiger partial charge is 0.335 e. The summed E-state index contributed by atoms with van der Waals surface area (Å²) in [6, 6.07) is 8.19. The Balaban J connectivity index is 1.50. The predicted molar refractivity (Wildman–Crippen MR) is 102 cm³/mol. The first-order valence-corrected chi connectivity index (χ1v) is 9.40. The van der Waals surface area contributed by atoms with Crippen molar-refractivity contribution in [3.8, 4) is 0 Å². The van der Waals surface area contributed by atoms with Gasteiger partial charge in [0.05, 0.1) is 11.0 Å². The zero-order chi connectivity index (χ0) is 17.9. The van der Waals surface area contributed by atoms with Crippen LogP contribution in [-0.2, 0) is 13.1 Å². The van der Waals surface area contributed by atoms with Crippen molar-refractivity contribution in [1.29, 1.82) is 0 Å². The van der Waals surface area contributed by atoms with E-state index in [4.69, 9.17) is 0 Å². The number of likely N-dealkylation sites (tertiary alicyclic amines) is 1. The Hall–Kier alpha value is -2.47. The number of rotatable bonds is 5. The summed E-state index contributed by atoms with van der Waals surface area (Å²) in [5.41, 5.74) is 2.20. The lowest BCUT2D eigenvalue weighted by Gasteiger charge is -2.35. The van der Waals surface area contributed by atoms with Gasteiger partial charge < -0.3 is 9.55 Å². The Morgan fingerprint density at radius 3 is 3.00 bits per heavy atom. The number of hydrogen-bond acceptors (Lipinski definition) is 4. The van der Waals surface area contributed by atoms with E-state index in [2.05, 4.69) is 24.4 Å². The number of para-hydroxylation sites is 2. The number of aromatic nitrogens is 4.